The van der Waals surface area contributed by atoms with Crippen molar-refractivity contribution in [1.29, 1.82) is 0 Å². The summed E-state index contributed by atoms with van der Waals surface area (Å²) in [4.78, 5) is 23.3. The fourth-order valence-corrected chi connectivity index (χ4v) is 2.89. The molecule has 0 radical (unpaired) electrons. The minimum atomic E-state index is -0.744. The van der Waals surface area contributed by atoms with Crippen LogP contribution in [0.1, 0.15) is 56.4 Å². The van der Waals surface area contributed by atoms with Gasteiger partial charge in [0, 0.05) is 17.8 Å². The van der Waals surface area contributed by atoms with Gasteiger partial charge in [-0.1, -0.05) is 25.8 Å². The van der Waals surface area contributed by atoms with Gasteiger partial charge < -0.3 is 15.7 Å². The van der Waals surface area contributed by atoms with Crippen molar-refractivity contribution < 1.29 is 14.7 Å². The van der Waals surface area contributed by atoms with Crippen LogP contribution in [0.25, 0.3) is 0 Å². The normalized spacial score (nSPS) is 11.9. The van der Waals surface area contributed by atoms with Gasteiger partial charge >= 0.3 is 12.0 Å². The molecule has 1 aromatic rings. The zero-order chi connectivity index (χ0) is 15.5. The van der Waals surface area contributed by atoms with Crippen molar-refractivity contribution in [3.8, 4) is 0 Å². The lowest BCUT2D eigenvalue weighted by Gasteiger charge is -2.16. The molecule has 1 unspecified atom stereocenters. The van der Waals surface area contributed by atoms with Crippen LogP contribution in [0.2, 0.25) is 0 Å². The number of carboxylic acid groups (broad SMARTS) is 1. The van der Waals surface area contributed by atoms with Gasteiger partial charge in [0.05, 0.1) is 6.04 Å². The summed E-state index contributed by atoms with van der Waals surface area (Å²) in [6.07, 6.45) is 4.51. The molecule has 0 aromatic carbocycles. The van der Waals surface area contributed by atoms with Crippen LogP contribution in [-0.2, 0) is 4.79 Å². The molecule has 5 nitrogen and oxygen atoms in total. The predicted molar refractivity (Wildman–Crippen MR) is 84.6 cm³/mol. The second-order valence-electron chi connectivity index (χ2n) is 4.93. The average molecular weight is 312 g/mol. The number of hydrogen-bond donors (Lipinski definition) is 3. The van der Waals surface area contributed by atoms with Crippen LogP contribution in [-0.4, -0.2) is 23.7 Å². The fourth-order valence-electron chi connectivity index (χ4n) is 2.03. The van der Waals surface area contributed by atoms with Crippen molar-refractivity contribution >= 4 is 23.3 Å². The Balaban J connectivity index is 2.09. The largest absolute Gasteiger partial charge is 0.481 e. The molecule has 0 fully saturated rings. The highest BCUT2D eigenvalue weighted by atomic mass is 32.1. The fraction of sp³-hybridized carbons (Fsp3) is 0.600. The first kappa shape index (κ1) is 17.5. The summed E-state index contributed by atoms with van der Waals surface area (Å²) in [6.45, 7) is 2.67. The van der Waals surface area contributed by atoms with E-state index in [9.17, 15) is 9.59 Å². The van der Waals surface area contributed by atoms with Crippen LogP contribution >= 0.6 is 11.3 Å². The van der Waals surface area contributed by atoms with Crippen molar-refractivity contribution in [2.45, 2.75) is 51.5 Å². The van der Waals surface area contributed by atoms with Gasteiger partial charge in [-0.05, 0) is 30.7 Å². The minimum Gasteiger partial charge on any atom is -0.481 e. The SMILES string of the molecule is CCC(NC(=O)NCCCCCCC(=O)O)c1cccs1. The highest BCUT2D eigenvalue weighted by molar-refractivity contribution is 7.10. The number of hydrogen-bond acceptors (Lipinski definition) is 3. The summed E-state index contributed by atoms with van der Waals surface area (Å²) >= 11 is 1.65. The molecule has 1 heterocycles. The Kier molecular flexibility index (Phi) is 8.50. The summed E-state index contributed by atoms with van der Waals surface area (Å²) in [5, 5.41) is 16.3. The second-order valence-corrected chi connectivity index (χ2v) is 5.91. The van der Waals surface area contributed by atoms with Crippen LogP contribution in [0.3, 0.4) is 0 Å². The lowest BCUT2D eigenvalue weighted by molar-refractivity contribution is -0.137. The Bertz CT molecular complexity index is 421. The Morgan fingerprint density at radius 3 is 2.67 bits per heavy atom. The van der Waals surface area contributed by atoms with E-state index in [0.717, 1.165) is 25.7 Å². The van der Waals surface area contributed by atoms with E-state index in [0.29, 0.717) is 13.0 Å². The number of thiophene rings is 1. The van der Waals surface area contributed by atoms with Crippen molar-refractivity contribution in [2.75, 3.05) is 6.54 Å². The maximum absolute atomic E-state index is 11.8. The van der Waals surface area contributed by atoms with Crippen molar-refractivity contribution in [1.82, 2.24) is 10.6 Å². The van der Waals surface area contributed by atoms with Gasteiger partial charge in [0.25, 0.3) is 0 Å². The second kappa shape index (κ2) is 10.2. The summed E-state index contributed by atoms with van der Waals surface area (Å²) in [5.74, 6) is -0.744. The number of rotatable bonds is 10. The molecule has 1 aromatic heterocycles. The summed E-state index contributed by atoms with van der Waals surface area (Å²) in [6, 6.07) is 3.95. The van der Waals surface area contributed by atoms with Crippen LogP contribution in [0, 0.1) is 0 Å². The number of carbonyl (C=O) groups excluding carboxylic acids is 1. The molecule has 0 bridgehead atoms. The Morgan fingerprint density at radius 2 is 2.05 bits per heavy atom. The van der Waals surface area contributed by atoms with Crippen LogP contribution in [0.15, 0.2) is 17.5 Å². The summed E-state index contributed by atoms with van der Waals surface area (Å²) in [7, 11) is 0. The molecule has 21 heavy (non-hydrogen) atoms. The van der Waals surface area contributed by atoms with Crippen LogP contribution in [0.4, 0.5) is 4.79 Å². The van der Waals surface area contributed by atoms with E-state index in [4.69, 9.17) is 5.11 Å². The quantitative estimate of drug-likeness (QED) is 0.578. The third kappa shape index (κ3) is 7.70. The number of nitrogens with one attached hydrogen (secondary N) is 2. The van der Waals surface area contributed by atoms with E-state index in [2.05, 4.69) is 10.6 Å². The molecule has 0 aliphatic heterocycles. The molecule has 0 aliphatic carbocycles. The topological polar surface area (TPSA) is 78.4 Å². The standard InChI is InChI=1S/C15H24N2O3S/c1-2-12(13-8-7-11-21-13)17-15(20)16-10-6-4-3-5-9-14(18)19/h7-8,11-12H,2-6,9-10H2,1H3,(H,18,19)(H2,16,17,20). The number of aliphatic carboxylic acids is 1. The minimum absolute atomic E-state index is 0.0700. The number of unbranched alkanes of at least 4 members (excludes halogenated alkanes) is 3. The van der Waals surface area contributed by atoms with Gasteiger partial charge in [-0.25, -0.2) is 4.79 Å². The van der Waals surface area contributed by atoms with E-state index in [1.807, 2.05) is 24.4 Å². The molecule has 1 atom stereocenters. The van der Waals surface area contributed by atoms with Gasteiger partial charge in [0.1, 0.15) is 0 Å². The Morgan fingerprint density at radius 1 is 1.29 bits per heavy atom. The number of carbonyl (C=O) groups is 2. The number of urea groups is 1. The van der Waals surface area contributed by atoms with E-state index >= 15 is 0 Å². The van der Waals surface area contributed by atoms with Gasteiger partial charge in [-0.3, -0.25) is 4.79 Å². The molecule has 3 N–H and O–H groups in total. The maximum atomic E-state index is 11.8. The number of amides is 2. The van der Waals surface area contributed by atoms with E-state index in [-0.39, 0.29) is 18.5 Å². The summed E-state index contributed by atoms with van der Waals surface area (Å²) in [5.41, 5.74) is 0. The maximum Gasteiger partial charge on any atom is 0.315 e. The summed E-state index contributed by atoms with van der Waals surface area (Å²) < 4.78 is 0. The lowest BCUT2D eigenvalue weighted by atomic mass is 10.1. The first-order chi connectivity index (χ1) is 10.1. The van der Waals surface area contributed by atoms with E-state index < -0.39 is 5.97 Å². The van der Waals surface area contributed by atoms with Gasteiger partial charge in [0.2, 0.25) is 0 Å². The molecule has 0 saturated carbocycles. The third-order valence-electron chi connectivity index (χ3n) is 3.20. The first-order valence-corrected chi connectivity index (χ1v) is 8.31. The average Bonchev–Trinajstić information content (AvgIpc) is 2.97. The van der Waals surface area contributed by atoms with E-state index in [1.165, 1.54) is 4.88 Å². The molecular weight excluding hydrogens is 288 g/mol. The Hall–Kier alpha value is -1.56. The van der Waals surface area contributed by atoms with Gasteiger partial charge in [-0.2, -0.15) is 0 Å². The molecule has 6 heteroatoms. The van der Waals surface area contributed by atoms with Crippen molar-refractivity contribution in [3.05, 3.63) is 22.4 Å². The first-order valence-electron chi connectivity index (χ1n) is 7.43. The Labute approximate surface area is 129 Å². The monoisotopic (exact) mass is 312 g/mol. The highest BCUT2D eigenvalue weighted by Crippen LogP contribution is 2.21. The molecule has 2 amide bonds. The third-order valence-corrected chi connectivity index (χ3v) is 4.19. The molecule has 0 spiro atoms. The number of carboxylic acids is 1. The molecule has 0 saturated heterocycles. The van der Waals surface area contributed by atoms with E-state index in [1.54, 1.807) is 11.3 Å². The smallest absolute Gasteiger partial charge is 0.315 e. The zero-order valence-corrected chi connectivity index (χ0v) is 13.2. The lowest BCUT2D eigenvalue weighted by Crippen LogP contribution is -2.38. The molecule has 118 valence electrons. The van der Waals surface area contributed by atoms with Gasteiger partial charge in [-0.15, -0.1) is 11.3 Å². The van der Waals surface area contributed by atoms with Gasteiger partial charge in [0.15, 0.2) is 0 Å². The van der Waals surface area contributed by atoms with Crippen molar-refractivity contribution in [2.24, 2.45) is 0 Å². The van der Waals surface area contributed by atoms with Crippen LogP contribution < -0.4 is 10.6 Å². The molecule has 1 rings (SSSR count). The zero-order valence-electron chi connectivity index (χ0n) is 12.4. The predicted octanol–water partition coefficient (Wildman–Crippen LogP) is 3.53. The highest BCUT2D eigenvalue weighted by Gasteiger charge is 2.12. The van der Waals surface area contributed by atoms with Crippen LogP contribution in [0.5, 0.6) is 0 Å². The van der Waals surface area contributed by atoms with Crippen molar-refractivity contribution in [3.63, 3.8) is 0 Å². The molecule has 0 aliphatic rings. The molecular formula is C15H24N2O3S.